The van der Waals surface area contributed by atoms with Crippen LogP contribution in [0.25, 0.3) is 11.3 Å². The summed E-state index contributed by atoms with van der Waals surface area (Å²) in [5, 5.41) is 7.49. The molecule has 1 aromatic carbocycles. The standard InChI is InChI=1S/C13H13F3N4O2S.C8H15N/c1-7-5-10(18-19-12(7)17)9-4-3-8(13(14,15)16)6-11(9)20-23(2,21)22;1-2-6-9(7-3-1)8-4-5-8/h3-6,20H,1-2H3,(H2,17,19);8H,1-7H2. The van der Waals surface area contributed by atoms with Crippen LogP contribution in [-0.2, 0) is 16.2 Å². The minimum absolute atomic E-state index is 0.166. The van der Waals surface area contributed by atoms with E-state index in [2.05, 4.69) is 19.8 Å². The average molecular weight is 472 g/mol. The van der Waals surface area contributed by atoms with Crippen molar-refractivity contribution in [2.75, 3.05) is 29.8 Å². The molecule has 1 saturated carbocycles. The van der Waals surface area contributed by atoms with E-state index in [4.69, 9.17) is 5.73 Å². The molecule has 2 aromatic rings. The average Bonchev–Trinajstić information content (AvgIpc) is 3.55. The molecule has 2 fully saturated rings. The van der Waals surface area contributed by atoms with Crippen molar-refractivity contribution < 1.29 is 21.6 Å². The van der Waals surface area contributed by atoms with Gasteiger partial charge in [-0.05, 0) is 69.5 Å². The highest BCUT2D eigenvalue weighted by atomic mass is 32.2. The Balaban J connectivity index is 0.000000264. The number of halogens is 3. The number of rotatable bonds is 4. The third-order valence-electron chi connectivity index (χ3n) is 5.39. The summed E-state index contributed by atoms with van der Waals surface area (Å²) in [7, 11) is -3.78. The molecule has 0 unspecified atom stereocenters. The topological polar surface area (TPSA) is 101 Å². The van der Waals surface area contributed by atoms with Crippen LogP contribution in [0.2, 0.25) is 0 Å². The van der Waals surface area contributed by atoms with Crippen molar-refractivity contribution in [3.05, 3.63) is 35.4 Å². The Morgan fingerprint density at radius 2 is 1.75 bits per heavy atom. The minimum atomic E-state index is -4.60. The maximum Gasteiger partial charge on any atom is 0.416 e. The fourth-order valence-electron chi connectivity index (χ4n) is 3.58. The van der Waals surface area contributed by atoms with Gasteiger partial charge in [-0.1, -0.05) is 12.5 Å². The van der Waals surface area contributed by atoms with Crippen molar-refractivity contribution in [2.45, 2.75) is 51.2 Å². The van der Waals surface area contributed by atoms with Crippen LogP contribution in [0, 0.1) is 6.92 Å². The Morgan fingerprint density at radius 3 is 2.28 bits per heavy atom. The van der Waals surface area contributed by atoms with Gasteiger partial charge in [-0.3, -0.25) is 4.72 Å². The first-order valence-electron chi connectivity index (χ1n) is 10.5. The number of nitrogens with zero attached hydrogens (tertiary/aromatic N) is 3. The molecular formula is C21H28F3N5O2S. The van der Waals surface area contributed by atoms with Crippen LogP contribution in [0.4, 0.5) is 24.7 Å². The van der Waals surface area contributed by atoms with Gasteiger partial charge in [0.2, 0.25) is 10.0 Å². The lowest BCUT2D eigenvalue weighted by Gasteiger charge is -2.25. The number of nitrogens with two attached hydrogens (primary N) is 1. The molecule has 1 aliphatic carbocycles. The predicted octanol–water partition coefficient (Wildman–Crippen LogP) is 4.06. The highest BCUT2D eigenvalue weighted by Gasteiger charge is 2.31. The summed E-state index contributed by atoms with van der Waals surface area (Å²) in [5.41, 5.74) is 5.28. The molecule has 2 heterocycles. The first kappa shape index (κ1) is 24.2. The van der Waals surface area contributed by atoms with Gasteiger partial charge in [0.1, 0.15) is 5.82 Å². The molecule has 1 saturated heterocycles. The van der Waals surface area contributed by atoms with Gasteiger partial charge in [-0.25, -0.2) is 8.42 Å². The highest BCUT2D eigenvalue weighted by molar-refractivity contribution is 7.92. The van der Waals surface area contributed by atoms with Crippen molar-refractivity contribution in [1.82, 2.24) is 15.1 Å². The van der Waals surface area contributed by atoms with Crippen LogP contribution < -0.4 is 10.5 Å². The normalized spacial score (nSPS) is 17.4. The molecule has 0 spiro atoms. The van der Waals surface area contributed by atoms with Gasteiger partial charge in [0, 0.05) is 11.6 Å². The molecule has 11 heteroatoms. The molecule has 0 amide bonds. The summed E-state index contributed by atoms with van der Waals surface area (Å²) < 4.78 is 63.4. The molecule has 1 aliphatic heterocycles. The molecule has 0 atom stereocenters. The summed E-state index contributed by atoms with van der Waals surface area (Å²) in [5.74, 6) is 0.179. The van der Waals surface area contributed by atoms with E-state index in [1.807, 2.05) is 0 Å². The SMILES string of the molecule is C1CCN(C2CC2)CC1.Cc1cc(-c2ccc(C(F)(F)F)cc2NS(C)(=O)=O)nnc1N. The summed E-state index contributed by atoms with van der Waals surface area (Å²) in [6, 6.07) is 5.22. The largest absolute Gasteiger partial charge is 0.416 e. The molecule has 32 heavy (non-hydrogen) atoms. The highest BCUT2D eigenvalue weighted by Crippen LogP contribution is 2.36. The number of hydrogen-bond acceptors (Lipinski definition) is 6. The first-order valence-corrected chi connectivity index (χ1v) is 12.4. The molecule has 4 rings (SSSR count). The Kier molecular flexibility index (Phi) is 7.29. The van der Waals surface area contributed by atoms with E-state index >= 15 is 0 Å². The van der Waals surface area contributed by atoms with Gasteiger partial charge in [-0.2, -0.15) is 13.2 Å². The minimum Gasteiger partial charge on any atom is -0.382 e. The Morgan fingerprint density at radius 1 is 1.09 bits per heavy atom. The van der Waals surface area contributed by atoms with Gasteiger partial charge < -0.3 is 10.6 Å². The number of likely N-dealkylation sites (tertiary alicyclic amines) is 1. The fraction of sp³-hybridized carbons (Fsp3) is 0.524. The van der Waals surface area contributed by atoms with Crippen LogP contribution in [0.5, 0.6) is 0 Å². The van der Waals surface area contributed by atoms with Crippen LogP contribution in [0.3, 0.4) is 0 Å². The van der Waals surface area contributed by atoms with E-state index < -0.39 is 21.8 Å². The van der Waals surface area contributed by atoms with E-state index in [9.17, 15) is 21.6 Å². The lowest BCUT2D eigenvalue weighted by molar-refractivity contribution is -0.137. The van der Waals surface area contributed by atoms with Gasteiger partial charge in [0.25, 0.3) is 0 Å². The van der Waals surface area contributed by atoms with Gasteiger partial charge in [0.05, 0.1) is 23.2 Å². The van der Waals surface area contributed by atoms with E-state index in [1.54, 1.807) is 6.92 Å². The number of anilines is 2. The molecule has 1 aromatic heterocycles. The Hall–Kier alpha value is -2.40. The van der Waals surface area contributed by atoms with E-state index in [1.165, 1.54) is 51.3 Å². The molecule has 3 N–H and O–H groups in total. The van der Waals surface area contributed by atoms with Crippen molar-refractivity contribution >= 4 is 21.5 Å². The van der Waals surface area contributed by atoms with Gasteiger partial charge >= 0.3 is 6.18 Å². The number of nitrogens with one attached hydrogen (secondary N) is 1. The fourth-order valence-corrected chi connectivity index (χ4v) is 4.15. The van der Waals surface area contributed by atoms with E-state index in [-0.39, 0.29) is 22.8 Å². The molecule has 0 bridgehead atoms. The lowest BCUT2D eigenvalue weighted by atomic mass is 10.0. The Bertz CT molecular complexity index is 1050. The number of piperidine rings is 1. The summed E-state index contributed by atoms with van der Waals surface area (Å²) in [4.78, 5) is 2.67. The van der Waals surface area contributed by atoms with Crippen molar-refractivity contribution in [1.29, 1.82) is 0 Å². The van der Waals surface area contributed by atoms with E-state index in [0.717, 1.165) is 24.4 Å². The number of aryl methyl sites for hydroxylation is 1. The smallest absolute Gasteiger partial charge is 0.382 e. The first-order chi connectivity index (χ1) is 14.9. The van der Waals surface area contributed by atoms with Crippen LogP contribution >= 0.6 is 0 Å². The number of sulfonamides is 1. The zero-order valence-corrected chi connectivity index (χ0v) is 18.9. The lowest BCUT2D eigenvalue weighted by Crippen LogP contribution is -2.31. The van der Waals surface area contributed by atoms with Crippen LogP contribution in [0.1, 0.15) is 43.2 Å². The summed E-state index contributed by atoms with van der Waals surface area (Å²) in [6.07, 6.45) is 3.60. The maximum absolute atomic E-state index is 12.8. The molecule has 7 nitrogen and oxygen atoms in total. The number of hydrogen-bond donors (Lipinski definition) is 2. The third-order valence-corrected chi connectivity index (χ3v) is 5.99. The molecule has 2 aliphatic rings. The third kappa shape index (κ3) is 6.80. The zero-order chi connectivity index (χ0) is 23.5. The van der Waals surface area contributed by atoms with Gasteiger partial charge in [-0.15, -0.1) is 10.2 Å². The van der Waals surface area contributed by atoms with Crippen molar-refractivity contribution in [3.63, 3.8) is 0 Å². The zero-order valence-electron chi connectivity index (χ0n) is 18.1. The monoisotopic (exact) mass is 471 g/mol. The number of alkyl halides is 3. The molecular weight excluding hydrogens is 443 g/mol. The number of aromatic nitrogens is 2. The second-order valence-corrected chi connectivity index (χ2v) is 10.0. The number of benzene rings is 1. The molecule has 0 radical (unpaired) electrons. The van der Waals surface area contributed by atoms with Crippen LogP contribution in [0.15, 0.2) is 24.3 Å². The maximum atomic E-state index is 12.8. The predicted molar refractivity (Wildman–Crippen MR) is 119 cm³/mol. The van der Waals surface area contributed by atoms with Gasteiger partial charge in [0.15, 0.2) is 0 Å². The molecule has 176 valence electrons. The van der Waals surface area contributed by atoms with Crippen molar-refractivity contribution in [3.8, 4) is 11.3 Å². The summed E-state index contributed by atoms with van der Waals surface area (Å²) in [6.45, 7) is 4.44. The second kappa shape index (κ2) is 9.62. The second-order valence-electron chi connectivity index (χ2n) is 8.26. The van der Waals surface area contributed by atoms with E-state index in [0.29, 0.717) is 11.6 Å². The Labute approximate surface area is 186 Å². The van der Waals surface area contributed by atoms with Crippen molar-refractivity contribution in [2.24, 2.45) is 0 Å². The number of nitrogen functional groups attached to an aromatic ring is 1. The van der Waals surface area contributed by atoms with Crippen LogP contribution in [-0.4, -0.2) is 48.9 Å². The quantitative estimate of drug-likeness (QED) is 0.698. The summed E-state index contributed by atoms with van der Waals surface area (Å²) >= 11 is 0.